The molecule has 0 amide bonds. The lowest BCUT2D eigenvalue weighted by Gasteiger charge is -2.60. The first-order valence-corrected chi connectivity index (χ1v) is 7.69. The SMILES string of the molecule is C[C@]1(CO)CCC[C@@]2(C)C1CC[C@@]1(C)OCC[C@@H]12. The third-order valence-electron chi connectivity index (χ3n) is 6.76. The molecule has 2 saturated carbocycles. The van der Waals surface area contributed by atoms with Crippen LogP contribution in [0.3, 0.4) is 0 Å². The van der Waals surface area contributed by atoms with Crippen molar-refractivity contribution in [2.45, 2.75) is 64.9 Å². The van der Waals surface area contributed by atoms with Crippen LogP contribution in [-0.2, 0) is 4.74 Å². The standard InChI is InChI=1S/C16H28O2/c1-14(11-17)7-4-8-15(2)12(14)5-9-16(3)13(15)6-10-18-16/h12-13,17H,4-11H2,1-3H3/t12?,13-,14-,15+,16-/m1/s1. The first-order chi connectivity index (χ1) is 8.45. The van der Waals surface area contributed by atoms with E-state index in [1.54, 1.807) is 0 Å². The van der Waals surface area contributed by atoms with Crippen molar-refractivity contribution in [2.24, 2.45) is 22.7 Å². The second-order valence-corrected chi connectivity index (χ2v) is 7.77. The van der Waals surface area contributed by atoms with Crippen LogP contribution < -0.4 is 0 Å². The maximum absolute atomic E-state index is 9.88. The lowest BCUT2D eigenvalue weighted by atomic mass is 9.45. The molecule has 2 aliphatic carbocycles. The van der Waals surface area contributed by atoms with Crippen LogP contribution in [0.4, 0.5) is 0 Å². The van der Waals surface area contributed by atoms with E-state index in [0.717, 1.165) is 6.61 Å². The maximum atomic E-state index is 9.88. The fraction of sp³-hybridized carbons (Fsp3) is 1.00. The molecule has 0 aromatic carbocycles. The van der Waals surface area contributed by atoms with E-state index in [2.05, 4.69) is 20.8 Å². The number of fused-ring (bicyclic) bond motifs is 3. The molecule has 3 fully saturated rings. The van der Waals surface area contributed by atoms with Crippen molar-refractivity contribution < 1.29 is 9.84 Å². The molecule has 1 aliphatic heterocycles. The molecule has 5 atom stereocenters. The number of hydrogen-bond acceptors (Lipinski definition) is 2. The van der Waals surface area contributed by atoms with Crippen molar-refractivity contribution in [3.8, 4) is 0 Å². The van der Waals surface area contributed by atoms with E-state index in [4.69, 9.17) is 4.74 Å². The van der Waals surface area contributed by atoms with Gasteiger partial charge in [0.25, 0.3) is 0 Å². The first-order valence-electron chi connectivity index (χ1n) is 7.69. The van der Waals surface area contributed by atoms with E-state index < -0.39 is 0 Å². The van der Waals surface area contributed by atoms with Crippen molar-refractivity contribution in [1.29, 1.82) is 0 Å². The molecule has 0 aromatic rings. The molecule has 2 heteroatoms. The van der Waals surface area contributed by atoms with Gasteiger partial charge in [-0.2, -0.15) is 0 Å². The lowest BCUT2D eigenvalue weighted by molar-refractivity contribution is -0.159. The Morgan fingerprint density at radius 3 is 2.56 bits per heavy atom. The van der Waals surface area contributed by atoms with Crippen molar-refractivity contribution >= 4 is 0 Å². The van der Waals surface area contributed by atoms with E-state index in [-0.39, 0.29) is 11.0 Å². The topological polar surface area (TPSA) is 29.5 Å². The van der Waals surface area contributed by atoms with Gasteiger partial charge in [-0.05, 0) is 61.7 Å². The molecule has 0 radical (unpaired) electrons. The monoisotopic (exact) mass is 252 g/mol. The molecule has 1 saturated heterocycles. The third-order valence-corrected chi connectivity index (χ3v) is 6.76. The molecule has 0 bridgehead atoms. The maximum Gasteiger partial charge on any atom is 0.0688 e. The average Bonchev–Trinajstić information content (AvgIpc) is 2.72. The minimum absolute atomic E-state index is 0.124. The Hall–Kier alpha value is -0.0800. The second kappa shape index (κ2) is 3.96. The van der Waals surface area contributed by atoms with Gasteiger partial charge >= 0.3 is 0 Å². The quantitative estimate of drug-likeness (QED) is 0.775. The fourth-order valence-corrected chi connectivity index (χ4v) is 5.82. The highest BCUT2D eigenvalue weighted by Gasteiger charge is 2.61. The minimum atomic E-state index is 0.124. The van der Waals surface area contributed by atoms with Crippen molar-refractivity contribution in [1.82, 2.24) is 0 Å². The molecule has 2 nitrogen and oxygen atoms in total. The Labute approximate surface area is 111 Å². The Kier molecular flexibility index (Phi) is 2.84. The Bertz CT molecular complexity index is 342. The van der Waals surface area contributed by atoms with Crippen molar-refractivity contribution in [3.05, 3.63) is 0 Å². The zero-order valence-electron chi connectivity index (χ0n) is 12.2. The molecular formula is C16H28O2. The summed E-state index contributed by atoms with van der Waals surface area (Å²) in [6, 6.07) is 0. The van der Waals surface area contributed by atoms with E-state index in [1.807, 2.05) is 0 Å². The molecule has 1 heterocycles. The molecule has 18 heavy (non-hydrogen) atoms. The fourth-order valence-electron chi connectivity index (χ4n) is 5.82. The molecule has 1 N–H and O–H groups in total. The van der Waals surface area contributed by atoms with Crippen LogP contribution in [0, 0.1) is 22.7 Å². The van der Waals surface area contributed by atoms with E-state index >= 15 is 0 Å². The Morgan fingerprint density at radius 1 is 1.06 bits per heavy atom. The van der Waals surface area contributed by atoms with Gasteiger partial charge in [0.2, 0.25) is 0 Å². The zero-order valence-corrected chi connectivity index (χ0v) is 12.2. The summed E-state index contributed by atoms with van der Waals surface area (Å²) in [5, 5.41) is 9.88. The molecule has 1 unspecified atom stereocenters. The molecule has 0 spiro atoms. The lowest BCUT2D eigenvalue weighted by Crippen LogP contribution is -2.57. The summed E-state index contributed by atoms with van der Waals surface area (Å²) in [5.74, 6) is 1.39. The van der Waals surface area contributed by atoms with Crippen LogP contribution in [0.15, 0.2) is 0 Å². The predicted molar refractivity (Wildman–Crippen MR) is 72.3 cm³/mol. The van der Waals surface area contributed by atoms with Gasteiger partial charge in [-0.3, -0.25) is 0 Å². The number of ether oxygens (including phenoxy) is 1. The van der Waals surface area contributed by atoms with Crippen molar-refractivity contribution in [2.75, 3.05) is 13.2 Å². The summed E-state index contributed by atoms with van der Waals surface area (Å²) in [7, 11) is 0. The number of aliphatic hydroxyl groups excluding tert-OH is 1. The average molecular weight is 252 g/mol. The predicted octanol–water partition coefficient (Wildman–Crippen LogP) is 3.38. The Balaban J connectivity index is 1.97. The molecule has 3 aliphatic rings. The van der Waals surface area contributed by atoms with Gasteiger partial charge in [0.05, 0.1) is 5.60 Å². The molecule has 104 valence electrons. The highest BCUT2D eigenvalue weighted by atomic mass is 16.5. The third kappa shape index (κ3) is 1.54. The van der Waals surface area contributed by atoms with Crippen LogP contribution >= 0.6 is 0 Å². The van der Waals surface area contributed by atoms with Crippen molar-refractivity contribution in [3.63, 3.8) is 0 Å². The number of aliphatic hydroxyl groups is 1. The van der Waals surface area contributed by atoms with Crippen LogP contribution in [0.25, 0.3) is 0 Å². The zero-order chi connectivity index (χ0) is 13.0. The number of rotatable bonds is 1. The summed E-state index contributed by atoms with van der Waals surface area (Å²) >= 11 is 0. The van der Waals surface area contributed by atoms with Gasteiger partial charge < -0.3 is 9.84 Å². The van der Waals surface area contributed by atoms with Gasteiger partial charge in [-0.15, -0.1) is 0 Å². The van der Waals surface area contributed by atoms with E-state index in [0.29, 0.717) is 23.9 Å². The first kappa shape index (κ1) is 12.9. The summed E-state index contributed by atoms with van der Waals surface area (Å²) in [6.07, 6.45) is 7.46. The molecular weight excluding hydrogens is 224 g/mol. The molecule has 3 rings (SSSR count). The minimum Gasteiger partial charge on any atom is -0.396 e. The van der Waals surface area contributed by atoms with Gasteiger partial charge in [0.15, 0.2) is 0 Å². The summed E-state index contributed by atoms with van der Waals surface area (Å²) in [5.41, 5.74) is 0.662. The summed E-state index contributed by atoms with van der Waals surface area (Å²) < 4.78 is 6.10. The van der Waals surface area contributed by atoms with E-state index in [9.17, 15) is 5.11 Å². The summed E-state index contributed by atoms with van der Waals surface area (Å²) in [4.78, 5) is 0. The molecule has 0 aromatic heterocycles. The van der Waals surface area contributed by atoms with Gasteiger partial charge in [0, 0.05) is 13.2 Å². The van der Waals surface area contributed by atoms with Gasteiger partial charge in [0.1, 0.15) is 0 Å². The van der Waals surface area contributed by atoms with Gasteiger partial charge in [-0.25, -0.2) is 0 Å². The summed E-state index contributed by atoms with van der Waals surface area (Å²) in [6.45, 7) is 8.43. The normalized spacial score (nSPS) is 56.0. The largest absolute Gasteiger partial charge is 0.396 e. The van der Waals surface area contributed by atoms with Crippen LogP contribution in [0.5, 0.6) is 0 Å². The smallest absolute Gasteiger partial charge is 0.0688 e. The second-order valence-electron chi connectivity index (χ2n) is 7.77. The highest BCUT2D eigenvalue weighted by Crippen LogP contribution is 2.64. The Morgan fingerprint density at radius 2 is 1.83 bits per heavy atom. The van der Waals surface area contributed by atoms with E-state index in [1.165, 1.54) is 38.5 Å². The van der Waals surface area contributed by atoms with Crippen LogP contribution in [-0.4, -0.2) is 23.9 Å². The van der Waals surface area contributed by atoms with Crippen LogP contribution in [0.2, 0.25) is 0 Å². The number of hydrogen-bond donors (Lipinski definition) is 1. The van der Waals surface area contributed by atoms with Gasteiger partial charge in [-0.1, -0.05) is 20.3 Å². The van der Waals surface area contributed by atoms with Crippen LogP contribution in [0.1, 0.15) is 59.3 Å². The highest BCUT2D eigenvalue weighted by molar-refractivity contribution is 5.10.